The van der Waals surface area contributed by atoms with Gasteiger partial charge in [0, 0.05) is 35.8 Å². The minimum Gasteiger partial charge on any atom is -0.399 e. The summed E-state index contributed by atoms with van der Waals surface area (Å²) in [5, 5.41) is 10.3. The highest BCUT2D eigenvalue weighted by molar-refractivity contribution is 6.07. The van der Waals surface area contributed by atoms with Gasteiger partial charge in [0.15, 0.2) is 0 Å². The number of nitrogens with two attached hydrogens (primary N) is 1. The third-order valence-corrected chi connectivity index (χ3v) is 3.29. The second kappa shape index (κ2) is 5.66. The van der Waals surface area contributed by atoms with Gasteiger partial charge in [0.25, 0.3) is 5.91 Å². The molecule has 108 valence electrons. The van der Waals surface area contributed by atoms with E-state index in [2.05, 4.69) is 25.5 Å². The van der Waals surface area contributed by atoms with Crippen LogP contribution in [0.5, 0.6) is 0 Å². The number of H-pyrrole nitrogens is 2. The van der Waals surface area contributed by atoms with Crippen LogP contribution in [0.1, 0.15) is 22.6 Å². The maximum absolute atomic E-state index is 12.2. The third kappa shape index (κ3) is 2.86. The van der Waals surface area contributed by atoms with E-state index < -0.39 is 0 Å². The summed E-state index contributed by atoms with van der Waals surface area (Å²) in [5.41, 5.74) is 7.88. The summed E-state index contributed by atoms with van der Waals surface area (Å²) in [6.45, 7) is 0.585. The predicted molar refractivity (Wildman–Crippen MR) is 79.7 cm³/mol. The maximum Gasteiger partial charge on any atom is 0.253 e. The Morgan fingerprint density at radius 1 is 1.38 bits per heavy atom. The average Bonchev–Trinajstić information content (AvgIpc) is 3.12. The van der Waals surface area contributed by atoms with Crippen LogP contribution in [0.2, 0.25) is 0 Å². The SMILES string of the molecule is Nc1ccc2c(C(=O)NCCCc3ncn[nH]3)c[nH]c2c1. The largest absolute Gasteiger partial charge is 0.399 e. The van der Waals surface area contributed by atoms with Crippen LogP contribution in [-0.2, 0) is 6.42 Å². The number of benzene rings is 1. The van der Waals surface area contributed by atoms with Gasteiger partial charge in [-0.15, -0.1) is 0 Å². The highest BCUT2D eigenvalue weighted by Gasteiger charge is 2.11. The zero-order valence-electron chi connectivity index (χ0n) is 11.4. The molecule has 0 radical (unpaired) electrons. The van der Waals surface area contributed by atoms with E-state index in [1.807, 2.05) is 12.1 Å². The molecule has 0 saturated heterocycles. The molecule has 1 aromatic carbocycles. The molecule has 0 aliphatic carbocycles. The highest BCUT2D eigenvalue weighted by Crippen LogP contribution is 2.20. The number of aromatic amines is 2. The molecule has 0 unspecified atom stereocenters. The van der Waals surface area contributed by atoms with Gasteiger partial charge in [0.1, 0.15) is 12.2 Å². The van der Waals surface area contributed by atoms with Crippen LogP contribution in [0.3, 0.4) is 0 Å². The molecule has 5 N–H and O–H groups in total. The van der Waals surface area contributed by atoms with Gasteiger partial charge in [-0.05, 0) is 24.6 Å². The van der Waals surface area contributed by atoms with Crippen LogP contribution in [0.4, 0.5) is 5.69 Å². The molecule has 2 heterocycles. The van der Waals surface area contributed by atoms with Gasteiger partial charge in [-0.3, -0.25) is 9.89 Å². The molecule has 0 atom stereocenters. The van der Waals surface area contributed by atoms with Crippen LogP contribution in [0.25, 0.3) is 10.9 Å². The van der Waals surface area contributed by atoms with Crippen LogP contribution >= 0.6 is 0 Å². The number of anilines is 1. The lowest BCUT2D eigenvalue weighted by atomic mass is 10.1. The molecule has 3 rings (SSSR count). The number of aryl methyl sites for hydroxylation is 1. The summed E-state index contributed by atoms with van der Waals surface area (Å²) >= 11 is 0. The Labute approximate surface area is 121 Å². The van der Waals surface area contributed by atoms with Gasteiger partial charge in [0.05, 0.1) is 5.56 Å². The summed E-state index contributed by atoms with van der Waals surface area (Å²) in [7, 11) is 0. The first-order chi connectivity index (χ1) is 10.2. The number of carbonyl (C=O) groups excluding carboxylic acids is 1. The van der Waals surface area contributed by atoms with Gasteiger partial charge >= 0.3 is 0 Å². The van der Waals surface area contributed by atoms with Crippen molar-refractivity contribution in [3.8, 4) is 0 Å². The van der Waals surface area contributed by atoms with Crippen molar-refractivity contribution in [1.82, 2.24) is 25.5 Å². The zero-order valence-corrected chi connectivity index (χ0v) is 11.4. The summed E-state index contributed by atoms with van der Waals surface area (Å²) in [6, 6.07) is 5.46. The number of fused-ring (bicyclic) bond motifs is 1. The smallest absolute Gasteiger partial charge is 0.253 e. The highest BCUT2D eigenvalue weighted by atomic mass is 16.1. The van der Waals surface area contributed by atoms with Crippen LogP contribution in [0.15, 0.2) is 30.7 Å². The number of nitrogens with zero attached hydrogens (tertiary/aromatic N) is 2. The van der Waals surface area contributed by atoms with E-state index in [-0.39, 0.29) is 5.91 Å². The van der Waals surface area contributed by atoms with Gasteiger partial charge in [-0.1, -0.05) is 0 Å². The van der Waals surface area contributed by atoms with Gasteiger partial charge in [-0.25, -0.2) is 4.98 Å². The van der Waals surface area contributed by atoms with E-state index in [0.29, 0.717) is 17.8 Å². The summed E-state index contributed by atoms with van der Waals surface area (Å²) < 4.78 is 0. The summed E-state index contributed by atoms with van der Waals surface area (Å²) in [4.78, 5) is 19.3. The number of aromatic nitrogens is 4. The van der Waals surface area contributed by atoms with E-state index in [1.54, 1.807) is 12.3 Å². The first kappa shape index (κ1) is 13.2. The fourth-order valence-electron chi connectivity index (χ4n) is 2.24. The van der Waals surface area contributed by atoms with E-state index in [1.165, 1.54) is 6.33 Å². The number of hydrogen-bond donors (Lipinski definition) is 4. The Kier molecular flexibility index (Phi) is 3.55. The second-order valence-corrected chi connectivity index (χ2v) is 4.80. The van der Waals surface area contributed by atoms with Crippen molar-refractivity contribution < 1.29 is 4.79 Å². The molecule has 7 nitrogen and oxygen atoms in total. The molecule has 2 aromatic heterocycles. The first-order valence-electron chi connectivity index (χ1n) is 6.73. The fraction of sp³-hybridized carbons (Fsp3) is 0.214. The Hall–Kier alpha value is -2.83. The third-order valence-electron chi connectivity index (χ3n) is 3.29. The Bertz CT molecular complexity index is 746. The lowest BCUT2D eigenvalue weighted by molar-refractivity contribution is 0.0955. The number of nitrogens with one attached hydrogen (secondary N) is 3. The predicted octanol–water partition coefficient (Wildman–Crippen LogP) is 1.23. The maximum atomic E-state index is 12.2. The number of amides is 1. The molecule has 21 heavy (non-hydrogen) atoms. The molecule has 0 aliphatic heterocycles. The van der Waals surface area contributed by atoms with Crippen molar-refractivity contribution in [1.29, 1.82) is 0 Å². The summed E-state index contributed by atoms with van der Waals surface area (Å²) in [5.74, 6) is 0.732. The average molecular weight is 284 g/mol. The minimum atomic E-state index is -0.0939. The quantitative estimate of drug-likeness (QED) is 0.417. The molecular formula is C14H16N6O. The molecule has 1 amide bonds. The Morgan fingerprint density at radius 3 is 3.10 bits per heavy atom. The van der Waals surface area contributed by atoms with Crippen molar-refractivity contribution in [2.24, 2.45) is 0 Å². The molecule has 0 fully saturated rings. The van der Waals surface area contributed by atoms with Crippen molar-refractivity contribution in [3.05, 3.63) is 42.1 Å². The van der Waals surface area contributed by atoms with Crippen LogP contribution in [-0.4, -0.2) is 32.6 Å². The van der Waals surface area contributed by atoms with Crippen molar-refractivity contribution in [2.45, 2.75) is 12.8 Å². The number of rotatable bonds is 5. The monoisotopic (exact) mass is 284 g/mol. The van der Waals surface area contributed by atoms with Crippen molar-refractivity contribution >= 4 is 22.5 Å². The van der Waals surface area contributed by atoms with E-state index in [4.69, 9.17) is 5.73 Å². The molecule has 7 heteroatoms. The number of hydrogen-bond acceptors (Lipinski definition) is 4. The molecule has 3 aromatic rings. The normalized spacial score (nSPS) is 10.9. The van der Waals surface area contributed by atoms with Gasteiger partial charge in [0.2, 0.25) is 0 Å². The van der Waals surface area contributed by atoms with E-state index >= 15 is 0 Å². The Balaban J connectivity index is 1.59. The summed E-state index contributed by atoms with van der Waals surface area (Å²) in [6.07, 6.45) is 4.74. The molecule has 0 spiro atoms. The van der Waals surface area contributed by atoms with E-state index in [9.17, 15) is 4.79 Å². The fourth-order valence-corrected chi connectivity index (χ4v) is 2.24. The van der Waals surface area contributed by atoms with Crippen LogP contribution < -0.4 is 11.1 Å². The first-order valence-corrected chi connectivity index (χ1v) is 6.73. The molecule has 0 saturated carbocycles. The second-order valence-electron chi connectivity index (χ2n) is 4.80. The molecule has 0 aliphatic rings. The lowest BCUT2D eigenvalue weighted by Gasteiger charge is -2.03. The zero-order chi connectivity index (χ0) is 14.7. The lowest BCUT2D eigenvalue weighted by Crippen LogP contribution is -2.24. The van der Waals surface area contributed by atoms with Gasteiger partial charge in [-0.2, -0.15) is 5.10 Å². The van der Waals surface area contributed by atoms with E-state index in [0.717, 1.165) is 29.6 Å². The molecule has 0 bridgehead atoms. The van der Waals surface area contributed by atoms with Crippen molar-refractivity contribution in [2.75, 3.05) is 12.3 Å². The standard InChI is InChI=1S/C14H16N6O/c15-9-3-4-10-11(7-17-12(10)6-9)14(21)16-5-1-2-13-18-8-19-20-13/h3-4,6-8,17H,1-2,5,15H2,(H,16,21)(H,18,19,20). The topological polar surface area (TPSA) is 112 Å². The number of nitrogen functional groups attached to an aromatic ring is 1. The molecular weight excluding hydrogens is 268 g/mol. The van der Waals surface area contributed by atoms with Gasteiger partial charge < -0.3 is 16.0 Å². The number of carbonyl (C=O) groups is 1. The van der Waals surface area contributed by atoms with Crippen molar-refractivity contribution in [3.63, 3.8) is 0 Å². The minimum absolute atomic E-state index is 0.0939. The Morgan fingerprint density at radius 2 is 2.29 bits per heavy atom. The van der Waals surface area contributed by atoms with Crippen LogP contribution in [0, 0.1) is 0 Å².